The van der Waals surface area contributed by atoms with Crippen LogP contribution in [0.15, 0.2) is 120 Å². The minimum atomic E-state index is -1.02. The number of piperazine rings is 1. The van der Waals surface area contributed by atoms with Crippen molar-refractivity contribution >= 4 is 23.1 Å². The van der Waals surface area contributed by atoms with Crippen molar-refractivity contribution in [1.29, 1.82) is 0 Å². The molecular formula is C39H32F3N3O4. The van der Waals surface area contributed by atoms with Gasteiger partial charge < -0.3 is 19.5 Å². The van der Waals surface area contributed by atoms with Crippen LogP contribution in [0.3, 0.4) is 0 Å². The van der Waals surface area contributed by atoms with Crippen LogP contribution >= 0.6 is 0 Å². The van der Waals surface area contributed by atoms with Crippen molar-refractivity contribution in [3.8, 4) is 11.1 Å². The molecule has 0 bridgehead atoms. The van der Waals surface area contributed by atoms with Crippen LogP contribution in [0.2, 0.25) is 0 Å². The van der Waals surface area contributed by atoms with Crippen LogP contribution in [0.5, 0.6) is 0 Å². The molecule has 1 aliphatic rings. The second-order valence-corrected chi connectivity index (χ2v) is 11.8. The number of rotatable bonds is 9. The van der Waals surface area contributed by atoms with Crippen molar-refractivity contribution in [3.63, 3.8) is 0 Å². The Balaban J connectivity index is 1.18. The third-order valence-electron chi connectivity index (χ3n) is 8.43. The average Bonchev–Trinajstić information content (AvgIpc) is 3.10. The minimum absolute atomic E-state index is 0.0430. The van der Waals surface area contributed by atoms with Gasteiger partial charge in [-0.2, -0.15) is 0 Å². The van der Waals surface area contributed by atoms with Crippen molar-refractivity contribution < 1.29 is 27.9 Å². The first-order chi connectivity index (χ1) is 23.6. The van der Waals surface area contributed by atoms with E-state index < -0.39 is 40.5 Å². The average molecular weight is 664 g/mol. The van der Waals surface area contributed by atoms with E-state index in [1.807, 2.05) is 54.6 Å². The van der Waals surface area contributed by atoms with E-state index in [9.17, 15) is 32.7 Å². The molecule has 0 spiro atoms. The predicted molar refractivity (Wildman–Crippen MR) is 182 cm³/mol. The van der Waals surface area contributed by atoms with Crippen molar-refractivity contribution in [1.82, 2.24) is 9.47 Å². The summed E-state index contributed by atoms with van der Waals surface area (Å²) in [5.74, 6) is -4.74. The first-order valence-corrected chi connectivity index (χ1v) is 15.7. The van der Waals surface area contributed by atoms with Gasteiger partial charge in [-0.25, -0.2) is 13.2 Å². The molecule has 0 radical (unpaired) electrons. The van der Waals surface area contributed by atoms with Gasteiger partial charge in [0.2, 0.25) is 5.78 Å². The van der Waals surface area contributed by atoms with Gasteiger partial charge in [-0.3, -0.25) is 14.4 Å². The number of benzene rings is 4. The third-order valence-corrected chi connectivity index (χ3v) is 8.43. The second kappa shape index (κ2) is 14.5. The Labute approximate surface area is 280 Å². The van der Waals surface area contributed by atoms with Crippen LogP contribution < -0.4 is 10.5 Å². The van der Waals surface area contributed by atoms with E-state index in [-0.39, 0.29) is 42.7 Å². The Morgan fingerprint density at radius 2 is 1.37 bits per heavy atom. The predicted octanol–water partition coefficient (Wildman–Crippen LogP) is 6.39. The van der Waals surface area contributed by atoms with E-state index in [4.69, 9.17) is 0 Å². The molecular weight excluding hydrogens is 631 g/mol. The maximum Gasteiger partial charge on any atom is 0.294 e. The number of hydrogen-bond acceptors (Lipinski definition) is 5. The zero-order valence-corrected chi connectivity index (χ0v) is 26.4. The highest BCUT2D eigenvalue weighted by Crippen LogP contribution is 2.24. The zero-order chi connectivity index (χ0) is 34.5. The molecule has 2 heterocycles. The number of hydrogen-bond donors (Lipinski definition) is 1. The van der Waals surface area contributed by atoms with Crippen LogP contribution in [0.25, 0.3) is 16.9 Å². The number of aliphatic hydroxyl groups excluding tert-OH is 1. The summed E-state index contributed by atoms with van der Waals surface area (Å²) in [4.78, 5) is 43.2. The number of carbonyl (C=O) groups is 2. The fraction of sp³-hybridized carbons (Fsp3) is 0.154. The summed E-state index contributed by atoms with van der Waals surface area (Å²) >= 11 is 0. The summed E-state index contributed by atoms with van der Waals surface area (Å²) in [6.45, 7) is 1.30. The standard InChI is InChI=1S/C39H32F3N3O4/c40-31-19-26(20-32(41)22-31)18-27-21-34(38(48)45(24-27)25-30-8-4-5-9-35(30)42)36(46)23-37(47)39(49)44-16-14-43(15-17-44)33-12-10-29(11-13-33)28-6-2-1-3-7-28/h1-13,19-24,46H,14-18,25H2/b36-23+. The molecule has 1 saturated heterocycles. The van der Waals surface area contributed by atoms with E-state index in [0.29, 0.717) is 24.7 Å². The van der Waals surface area contributed by atoms with E-state index in [0.717, 1.165) is 39.6 Å². The number of ketones is 1. The maximum atomic E-state index is 14.5. The summed E-state index contributed by atoms with van der Waals surface area (Å²) in [6, 6.07) is 28.2. The summed E-state index contributed by atoms with van der Waals surface area (Å²) in [6.07, 6.45) is 2.06. The molecule has 1 aliphatic heterocycles. The first kappa shape index (κ1) is 33.0. The smallest absolute Gasteiger partial charge is 0.294 e. The highest BCUT2D eigenvalue weighted by Gasteiger charge is 2.26. The Kier molecular flexibility index (Phi) is 9.75. The van der Waals surface area contributed by atoms with Crippen LogP contribution in [0.1, 0.15) is 22.3 Å². The number of aromatic nitrogens is 1. The van der Waals surface area contributed by atoms with Gasteiger partial charge in [0.1, 0.15) is 23.2 Å². The molecule has 7 nitrogen and oxygen atoms in total. The molecule has 1 fully saturated rings. The number of halogens is 3. The lowest BCUT2D eigenvalue weighted by Crippen LogP contribution is -2.50. The number of amides is 1. The molecule has 1 aromatic heterocycles. The van der Waals surface area contributed by atoms with Crippen molar-refractivity contribution in [3.05, 3.63) is 165 Å². The van der Waals surface area contributed by atoms with Crippen molar-refractivity contribution in [2.45, 2.75) is 13.0 Å². The van der Waals surface area contributed by atoms with Gasteiger partial charge in [0.25, 0.3) is 11.5 Å². The number of aliphatic hydroxyl groups is 1. The molecule has 4 aromatic carbocycles. The number of carbonyl (C=O) groups excluding carboxylic acids is 2. The Bertz CT molecular complexity index is 2070. The fourth-order valence-corrected chi connectivity index (χ4v) is 5.94. The fourth-order valence-electron chi connectivity index (χ4n) is 5.94. The number of pyridine rings is 1. The van der Waals surface area contributed by atoms with Crippen molar-refractivity contribution in [2.24, 2.45) is 0 Å². The largest absolute Gasteiger partial charge is 0.507 e. The Morgan fingerprint density at radius 3 is 2.04 bits per heavy atom. The Morgan fingerprint density at radius 1 is 0.735 bits per heavy atom. The summed E-state index contributed by atoms with van der Waals surface area (Å²) in [7, 11) is 0. The molecule has 6 rings (SSSR count). The minimum Gasteiger partial charge on any atom is -0.507 e. The SMILES string of the molecule is O=C(/C=C(/O)c1cc(Cc2cc(F)cc(F)c2)cn(Cc2ccccc2F)c1=O)C(=O)N1CCN(c2ccc(-c3ccccc3)cc2)CC1. The molecule has 0 unspecified atom stereocenters. The zero-order valence-electron chi connectivity index (χ0n) is 26.4. The van der Waals surface area contributed by atoms with Crippen LogP contribution in [-0.4, -0.2) is 52.4 Å². The number of anilines is 1. The lowest BCUT2D eigenvalue weighted by atomic mass is 10.0. The molecule has 0 atom stereocenters. The van der Waals surface area contributed by atoms with Crippen molar-refractivity contribution in [2.75, 3.05) is 31.1 Å². The van der Waals surface area contributed by atoms with E-state index in [1.165, 1.54) is 35.4 Å². The summed E-state index contributed by atoms with van der Waals surface area (Å²) < 4.78 is 43.4. The molecule has 5 aromatic rings. The van der Waals surface area contributed by atoms with Crippen LogP contribution in [0, 0.1) is 17.5 Å². The quantitative estimate of drug-likeness (QED) is 0.112. The van der Waals surface area contributed by atoms with Gasteiger partial charge >= 0.3 is 0 Å². The van der Waals surface area contributed by atoms with E-state index >= 15 is 0 Å². The van der Waals surface area contributed by atoms with Crippen LogP contribution in [-0.2, 0) is 22.6 Å². The van der Waals surface area contributed by atoms with Gasteiger partial charge in [-0.15, -0.1) is 0 Å². The molecule has 1 N–H and O–H groups in total. The van der Waals surface area contributed by atoms with Gasteiger partial charge in [-0.1, -0.05) is 60.7 Å². The molecule has 248 valence electrons. The highest BCUT2D eigenvalue weighted by molar-refractivity contribution is 6.41. The van der Waals surface area contributed by atoms with Gasteiger partial charge in [-0.05, 0) is 65.1 Å². The maximum absolute atomic E-state index is 14.5. The summed E-state index contributed by atoms with van der Waals surface area (Å²) in [5, 5.41) is 11.0. The van der Waals surface area contributed by atoms with Gasteiger partial charge in [0.05, 0.1) is 12.1 Å². The van der Waals surface area contributed by atoms with E-state index in [2.05, 4.69) is 4.90 Å². The molecule has 10 heteroatoms. The lowest BCUT2D eigenvalue weighted by molar-refractivity contribution is -0.142. The third kappa shape index (κ3) is 7.81. The normalized spacial score (nSPS) is 13.4. The summed E-state index contributed by atoms with van der Waals surface area (Å²) in [5.41, 5.74) is 2.89. The highest BCUT2D eigenvalue weighted by atomic mass is 19.1. The monoisotopic (exact) mass is 663 g/mol. The number of nitrogens with zero attached hydrogens (tertiary/aromatic N) is 3. The first-order valence-electron chi connectivity index (χ1n) is 15.7. The topological polar surface area (TPSA) is 82.8 Å². The second-order valence-electron chi connectivity index (χ2n) is 11.8. The van der Waals surface area contributed by atoms with Gasteiger partial charge in [0, 0.05) is 55.8 Å². The molecule has 0 saturated carbocycles. The molecule has 1 amide bonds. The molecule has 49 heavy (non-hydrogen) atoms. The lowest BCUT2D eigenvalue weighted by Gasteiger charge is -2.35. The van der Waals surface area contributed by atoms with Crippen LogP contribution in [0.4, 0.5) is 18.9 Å². The molecule has 0 aliphatic carbocycles. The van der Waals surface area contributed by atoms with Gasteiger partial charge in [0.15, 0.2) is 0 Å². The Hall–Kier alpha value is -5.90. The van der Waals surface area contributed by atoms with E-state index in [1.54, 1.807) is 6.07 Å².